The van der Waals surface area contributed by atoms with Gasteiger partial charge in [-0.3, -0.25) is 4.79 Å². The van der Waals surface area contributed by atoms with Crippen molar-refractivity contribution < 1.29 is 32.2 Å². The van der Waals surface area contributed by atoms with Crippen molar-refractivity contribution in [2.24, 2.45) is 11.8 Å². The Labute approximate surface area is 235 Å². The summed E-state index contributed by atoms with van der Waals surface area (Å²) in [5, 5.41) is 9.19. The van der Waals surface area contributed by atoms with E-state index in [-0.39, 0.29) is 29.3 Å². The average molecular weight is 567 g/mol. The predicted octanol–water partition coefficient (Wildman–Crippen LogP) is 6.42. The molecule has 0 amide bonds. The lowest BCUT2D eigenvalue weighted by Crippen LogP contribution is -2.18. The number of hydrogen-bond donors (Lipinski definition) is 1. The van der Waals surface area contributed by atoms with Crippen LogP contribution >= 0.6 is 0 Å². The molecule has 0 radical (unpaired) electrons. The average Bonchev–Trinajstić information content (AvgIpc) is 3.57. The summed E-state index contributed by atoms with van der Waals surface area (Å²) in [5.41, 5.74) is 6.55. The number of halogens is 1. The zero-order valence-electron chi connectivity index (χ0n) is 23.2. The van der Waals surface area contributed by atoms with Crippen LogP contribution in [0.2, 0.25) is 0 Å². The summed E-state index contributed by atoms with van der Waals surface area (Å²) in [6.07, 6.45) is 2.83. The molecule has 2 aliphatic rings. The van der Waals surface area contributed by atoms with E-state index in [1.807, 2.05) is 63.2 Å². The van der Waals surface area contributed by atoms with Crippen molar-refractivity contribution in [3.63, 3.8) is 0 Å². The number of benzene rings is 3. The fourth-order valence-corrected chi connectivity index (χ4v) is 7.18. The number of carboxylic acids is 1. The largest absolute Gasteiger partial charge is 0.493 e. The Morgan fingerprint density at radius 2 is 1.75 bits per heavy atom. The minimum Gasteiger partial charge on any atom is -0.493 e. The van der Waals surface area contributed by atoms with Gasteiger partial charge in [0.1, 0.15) is 33.3 Å². The second-order valence-corrected chi connectivity index (χ2v) is 13.6. The number of carbonyl (C=O) groups is 1. The molecule has 1 saturated carbocycles. The van der Waals surface area contributed by atoms with Crippen molar-refractivity contribution in [2.75, 3.05) is 18.6 Å². The third-order valence-electron chi connectivity index (χ3n) is 7.87. The van der Waals surface area contributed by atoms with Crippen LogP contribution in [0, 0.1) is 31.5 Å². The van der Waals surface area contributed by atoms with Gasteiger partial charge in [-0.05, 0) is 103 Å². The molecule has 0 bridgehead atoms. The van der Waals surface area contributed by atoms with E-state index in [2.05, 4.69) is 0 Å². The lowest BCUT2D eigenvalue weighted by atomic mass is 9.90. The van der Waals surface area contributed by atoms with Crippen molar-refractivity contribution in [2.45, 2.75) is 52.1 Å². The predicted molar refractivity (Wildman–Crippen MR) is 152 cm³/mol. The number of carboxylic acid groups (broad SMARTS) is 1. The molecule has 0 aromatic heterocycles. The maximum absolute atomic E-state index is 15.2. The molecule has 40 heavy (non-hydrogen) atoms. The van der Waals surface area contributed by atoms with E-state index < -0.39 is 21.9 Å². The quantitative estimate of drug-likeness (QED) is 0.305. The number of rotatable bonds is 10. The molecule has 2 aliphatic carbocycles. The zero-order chi connectivity index (χ0) is 28.8. The number of ether oxygens (including phenoxy) is 2. The summed E-state index contributed by atoms with van der Waals surface area (Å²) >= 11 is 0. The van der Waals surface area contributed by atoms with Crippen LogP contribution in [0.25, 0.3) is 11.1 Å². The minimum atomic E-state index is -3.07. The van der Waals surface area contributed by atoms with Gasteiger partial charge in [0.15, 0.2) is 0 Å². The fraction of sp³-hybridized carbons (Fsp3) is 0.406. The van der Waals surface area contributed by atoms with Crippen LogP contribution < -0.4 is 9.47 Å². The summed E-state index contributed by atoms with van der Waals surface area (Å²) in [6.45, 7) is 6.16. The summed E-state index contributed by atoms with van der Waals surface area (Å²) in [7, 11) is -3.07. The van der Waals surface area contributed by atoms with Gasteiger partial charge in [-0.2, -0.15) is 0 Å². The molecular formula is C32H35FO6S. The van der Waals surface area contributed by atoms with E-state index in [1.54, 1.807) is 0 Å². The number of fused-ring (bicyclic) bond motifs is 1. The molecule has 6 nitrogen and oxygen atoms in total. The Balaban J connectivity index is 1.34. The van der Waals surface area contributed by atoms with Crippen LogP contribution in [-0.4, -0.2) is 38.1 Å². The number of sulfone groups is 1. The smallest absolute Gasteiger partial charge is 0.307 e. The minimum absolute atomic E-state index is 0.0536. The summed E-state index contributed by atoms with van der Waals surface area (Å²) in [4.78, 5) is 11.2. The van der Waals surface area contributed by atoms with Crippen LogP contribution in [0.1, 0.15) is 59.6 Å². The van der Waals surface area contributed by atoms with Crippen molar-refractivity contribution in [3.8, 4) is 22.6 Å². The normalized spacial score (nSPS) is 20.6. The van der Waals surface area contributed by atoms with E-state index in [1.165, 1.54) is 12.3 Å². The first-order chi connectivity index (χ1) is 18.9. The van der Waals surface area contributed by atoms with E-state index in [4.69, 9.17) is 9.47 Å². The molecule has 0 unspecified atom stereocenters. The van der Waals surface area contributed by atoms with Gasteiger partial charge in [-0.25, -0.2) is 12.8 Å². The lowest BCUT2D eigenvalue weighted by Gasteiger charge is -2.19. The Kier molecular flexibility index (Phi) is 7.66. The van der Waals surface area contributed by atoms with E-state index in [9.17, 15) is 18.3 Å². The Morgan fingerprint density at radius 3 is 2.35 bits per heavy atom. The van der Waals surface area contributed by atoms with Gasteiger partial charge in [0.25, 0.3) is 0 Å². The molecular weight excluding hydrogens is 531 g/mol. The molecule has 3 aromatic carbocycles. The van der Waals surface area contributed by atoms with E-state index >= 15 is 4.39 Å². The summed E-state index contributed by atoms with van der Waals surface area (Å²) < 4.78 is 50.5. The number of hydrogen-bond acceptors (Lipinski definition) is 5. The van der Waals surface area contributed by atoms with E-state index in [0.717, 1.165) is 33.4 Å². The standard InChI is InChI=1S/C32H35FO6S/c1-18(17-40(4,36)37)16-38-23-13-19(2)30(20(3)14-23)24-9-11-28(33)31-25(24)10-12-29(31)39-22-7-5-21(6-8-22)26-15-27(26)32(34)35/h5-9,11,13-14,18,26-27,29H,10,12,15-17H2,1-4H3,(H,34,35)/t18-,26+,27-,29+/m0/s1. The second kappa shape index (κ2) is 10.9. The summed E-state index contributed by atoms with van der Waals surface area (Å²) in [6, 6.07) is 14.7. The van der Waals surface area contributed by atoms with Gasteiger partial charge in [0.2, 0.25) is 0 Å². The molecule has 8 heteroatoms. The highest BCUT2D eigenvalue weighted by molar-refractivity contribution is 7.90. The van der Waals surface area contributed by atoms with Gasteiger partial charge >= 0.3 is 5.97 Å². The maximum atomic E-state index is 15.2. The van der Waals surface area contributed by atoms with Gasteiger partial charge in [-0.15, -0.1) is 0 Å². The van der Waals surface area contributed by atoms with Gasteiger partial charge in [-0.1, -0.05) is 25.1 Å². The van der Waals surface area contributed by atoms with E-state index in [0.29, 0.717) is 42.9 Å². The molecule has 5 rings (SSSR count). The topological polar surface area (TPSA) is 89.9 Å². The fourth-order valence-electron chi connectivity index (χ4n) is 6.05. The van der Waals surface area contributed by atoms with Gasteiger partial charge < -0.3 is 14.6 Å². The third kappa shape index (κ3) is 6.02. The first-order valence-corrected chi connectivity index (χ1v) is 15.7. The molecule has 0 saturated heterocycles. The van der Waals surface area contributed by atoms with Crippen LogP contribution in [0.4, 0.5) is 4.39 Å². The van der Waals surface area contributed by atoms with Gasteiger partial charge in [0.05, 0.1) is 18.3 Å². The first kappa shape index (κ1) is 28.1. The van der Waals surface area contributed by atoms with Crippen molar-refractivity contribution >= 4 is 15.8 Å². The van der Waals surface area contributed by atoms with Crippen molar-refractivity contribution in [1.82, 2.24) is 0 Å². The molecule has 212 valence electrons. The van der Waals surface area contributed by atoms with Crippen molar-refractivity contribution in [3.05, 3.63) is 82.2 Å². The van der Waals surface area contributed by atoms with Gasteiger partial charge in [0, 0.05) is 17.7 Å². The third-order valence-corrected chi connectivity index (χ3v) is 9.05. The van der Waals surface area contributed by atoms with Crippen LogP contribution in [0.15, 0.2) is 48.5 Å². The molecule has 4 atom stereocenters. The molecule has 0 heterocycles. The molecule has 3 aromatic rings. The molecule has 1 N–H and O–H groups in total. The van der Waals surface area contributed by atoms with Crippen molar-refractivity contribution in [1.29, 1.82) is 0 Å². The second-order valence-electron chi connectivity index (χ2n) is 11.4. The van der Waals surface area contributed by atoms with Crippen LogP contribution in [0.3, 0.4) is 0 Å². The number of aryl methyl sites for hydroxylation is 2. The Bertz CT molecular complexity index is 1520. The first-order valence-electron chi connectivity index (χ1n) is 13.6. The van der Waals surface area contributed by atoms with Crippen LogP contribution in [-0.2, 0) is 21.1 Å². The molecule has 0 aliphatic heterocycles. The van der Waals surface area contributed by atoms with Crippen LogP contribution in [0.5, 0.6) is 11.5 Å². The molecule has 0 spiro atoms. The Morgan fingerprint density at radius 1 is 1.07 bits per heavy atom. The lowest BCUT2D eigenvalue weighted by molar-refractivity contribution is -0.138. The highest BCUT2D eigenvalue weighted by Gasteiger charge is 2.44. The number of aliphatic carboxylic acids is 1. The highest BCUT2D eigenvalue weighted by atomic mass is 32.2. The Hall–Kier alpha value is -3.39. The zero-order valence-corrected chi connectivity index (χ0v) is 24.1. The maximum Gasteiger partial charge on any atom is 0.307 e. The molecule has 1 fully saturated rings. The monoisotopic (exact) mass is 566 g/mol. The highest BCUT2D eigenvalue weighted by Crippen LogP contribution is 2.48. The SMILES string of the molecule is Cc1cc(OC[C@H](C)CS(C)(=O)=O)cc(C)c1-c1ccc(F)c2c1CC[C@H]2Oc1ccc([C@H]2C[C@@H]2C(=O)O)cc1. The summed E-state index contributed by atoms with van der Waals surface area (Å²) in [5.74, 6) is -0.0271.